The first-order chi connectivity index (χ1) is 9.65. The van der Waals surface area contributed by atoms with E-state index in [1.165, 1.54) is 17.9 Å². The first-order valence-electron chi connectivity index (χ1n) is 6.23. The normalized spacial score (nSPS) is 10.6. The molecule has 1 aromatic heterocycles. The van der Waals surface area contributed by atoms with Gasteiger partial charge in [0.1, 0.15) is 5.82 Å². The molecule has 0 radical (unpaired) electrons. The topological polar surface area (TPSA) is 70.1 Å². The second-order valence-corrected chi connectivity index (χ2v) is 4.32. The summed E-state index contributed by atoms with van der Waals surface area (Å²) >= 11 is 0. The SMILES string of the molecule is COC(=O)c1nn(Cc2ccccc2F)cc1CCN. The van der Waals surface area contributed by atoms with E-state index in [1.54, 1.807) is 24.4 Å². The molecule has 106 valence electrons. The molecule has 0 atom stereocenters. The Morgan fingerprint density at radius 1 is 1.40 bits per heavy atom. The molecular weight excluding hydrogens is 261 g/mol. The summed E-state index contributed by atoms with van der Waals surface area (Å²) in [5, 5.41) is 4.16. The molecule has 0 spiro atoms. The van der Waals surface area contributed by atoms with E-state index in [2.05, 4.69) is 9.84 Å². The van der Waals surface area contributed by atoms with Crippen molar-refractivity contribution in [1.29, 1.82) is 0 Å². The van der Waals surface area contributed by atoms with Crippen molar-refractivity contribution in [1.82, 2.24) is 9.78 Å². The zero-order chi connectivity index (χ0) is 14.5. The van der Waals surface area contributed by atoms with E-state index in [0.29, 0.717) is 24.1 Å². The molecule has 20 heavy (non-hydrogen) atoms. The predicted molar refractivity (Wildman–Crippen MR) is 71.8 cm³/mol. The zero-order valence-corrected chi connectivity index (χ0v) is 11.2. The maximum Gasteiger partial charge on any atom is 0.358 e. The highest BCUT2D eigenvalue weighted by Crippen LogP contribution is 2.13. The number of hydrogen-bond acceptors (Lipinski definition) is 4. The molecule has 5 nitrogen and oxygen atoms in total. The second kappa shape index (κ2) is 6.29. The van der Waals surface area contributed by atoms with E-state index in [9.17, 15) is 9.18 Å². The minimum atomic E-state index is -0.513. The highest BCUT2D eigenvalue weighted by atomic mass is 19.1. The predicted octanol–water partition coefficient (Wildman–Crippen LogP) is 1.36. The number of esters is 1. The van der Waals surface area contributed by atoms with Crippen molar-refractivity contribution in [3.8, 4) is 0 Å². The summed E-state index contributed by atoms with van der Waals surface area (Å²) < 4.78 is 19.8. The van der Waals surface area contributed by atoms with Crippen molar-refractivity contribution in [2.24, 2.45) is 5.73 Å². The van der Waals surface area contributed by atoms with Crippen LogP contribution in [0.25, 0.3) is 0 Å². The minimum absolute atomic E-state index is 0.231. The van der Waals surface area contributed by atoms with Crippen molar-refractivity contribution >= 4 is 5.97 Å². The molecule has 2 N–H and O–H groups in total. The number of nitrogens with two attached hydrogens (primary N) is 1. The lowest BCUT2D eigenvalue weighted by molar-refractivity contribution is 0.0592. The third-order valence-electron chi connectivity index (χ3n) is 2.92. The zero-order valence-electron chi connectivity index (χ0n) is 11.2. The Labute approximate surface area is 116 Å². The smallest absolute Gasteiger partial charge is 0.358 e. The van der Waals surface area contributed by atoms with Crippen LogP contribution in [0.5, 0.6) is 0 Å². The van der Waals surface area contributed by atoms with Crippen LogP contribution in [0.3, 0.4) is 0 Å². The second-order valence-electron chi connectivity index (χ2n) is 4.32. The highest BCUT2D eigenvalue weighted by Gasteiger charge is 2.17. The lowest BCUT2D eigenvalue weighted by Crippen LogP contribution is -2.09. The van der Waals surface area contributed by atoms with Crippen LogP contribution in [-0.2, 0) is 17.7 Å². The summed E-state index contributed by atoms with van der Waals surface area (Å²) in [7, 11) is 1.30. The Balaban J connectivity index is 2.29. The molecular formula is C14H16FN3O2. The van der Waals surface area contributed by atoms with Gasteiger partial charge >= 0.3 is 5.97 Å². The molecule has 6 heteroatoms. The van der Waals surface area contributed by atoms with Crippen LogP contribution in [0.4, 0.5) is 4.39 Å². The molecule has 0 fully saturated rings. The van der Waals surface area contributed by atoms with Gasteiger partial charge in [-0.15, -0.1) is 0 Å². The standard InChI is InChI=1S/C14H16FN3O2/c1-20-14(19)13-11(6-7-16)9-18(17-13)8-10-4-2-3-5-12(10)15/h2-5,9H,6-8,16H2,1H3. The Bertz CT molecular complexity index is 610. The fraction of sp³-hybridized carbons (Fsp3) is 0.286. The molecule has 0 saturated heterocycles. The fourth-order valence-electron chi connectivity index (χ4n) is 1.95. The van der Waals surface area contributed by atoms with Crippen LogP contribution in [-0.4, -0.2) is 29.4 Å². The molecule has 1 aromatic carbocycles. The van der Waals surface area contributed by atoms with Crippen molar-refractivity contribution in [3.05, 3.63) is 53.1 Å². The number of hydrogen-bond donors (Lipinski definition) is 1. The number of carbonyl (C=O) groups is 1. The summed E-state index contributed by atoms with van der Waals surface area (Å²) in [6.07, 6.45) is 2.22. The molecule has 0 aliphatic rings. The highest BCUT2D eigenvalue weighted by molar-refractivity contribution is 5.88. The van der Waals surface area contributed by atoms with Crippen LogP contribution in [0.1, 0.15) is 21.6 Å². The molecule has 0 aliphatic carbocycles. The van der Waals surface area contributed by atoms with Crippen LogP contribution in [0.15, 0.2) is 30.5 Å². The number of benzene rings is 1. The van der Waals surface area contributed by atoms with E-state index in [-0.39, 0.29) is 18.1 Å². The monoisotopic (exact) mass is 277 g/mol. The molecule has 0 saturated carbocycles. The van der Waals surface area contributed by atoms with E-state index < -0.39 is 5.97 Å². The first-order valence-corrected chi connectivity index (χ1v) is 6.23. The Morgan fingerprint density at radius 3 is 2.80 bits per heavy atom. The number of aromatic nitrogens is 2. The van der Waals surface area contributed by atoms with Gasteiger partial charge in [0, 0.05) is 17.3 Å². The summed E-state index contributed by atoms with van der Waals surface area (Å²) in [5.41, 5.74) is 6.95. The molecule has 0 amide bonds. The summed E-state index contributed by atoms with van der Waals surface area (Å²) in [5.74, 6) is -0.816. The van der Waals surface area contributed by atoms with E-state index in [0.717, 1.165) is 0 Å². The molecule has 0 aliphatic heterocycles. The number of ether oxygens (including phenoxy) is 1. The number of carbonyl (C=O) groups excluding carboxylic acids is 1. The lowest BCUT2D eigenvalue weighted by Gasteiger charge is -2.02. The van der Waals surface area contributed by atoms with E-state index >= 15 is 0 Å². The maximum atomic E-state index is 13.6. The third kappa shape index (κ3) is 3.03. The van der Waals surface area contributed by atoms with Gasteiger partial charge in [-0.25, -0.2) is 9.18 Å². The van der Waals surface area contributed by atoms with Crippen LogP contribution < -0.4 is 5.73 Å². The number of rotatable bonds is 5. The number of halogens is 1. The van der Waals surface area contributed by atoms with Crippen LogP contribution in [0.2, 0.25) is 0 Å². The summed E-state index contributed by atoms with van der Waals surface area (Å²) in [4.78, 5) is 11.6. The van der Waals surface area contributed by atoms with Crippen molar-refractivity contribution in [3.63, 3.8) is 0 Å². The third-order valence-corrected chi connectivity index (χ3v) is 2.92. The maximum absolute atomic E-state index is 13.6. The summed E-state index contributed by atoms with van der Waals surface area (Å²) in [6, 6.07) is 6.45. The van der Waals surface area contributed by atoms with Crippen molar-refractivity contribution in [2.75, 3.05) is 13.7 Å². The fourth-order valence-corrected chi connectivity index (χ4v) is 1.95. The van der Waals surface area contributed by atoms with Gasteiger partial charge in [-0.1, -0.05) is 18.2 Å². The van der Waals surface area contributed by atoms with Crippen LogP contribution in [0, 0.1) is 5.82 Å². The molecule has 0 unspecified atom stereocenters. The van der Waals surface area contributed by atoms with Gasteiger partial charge in [0.15, 0.2) is 5.69 Å². The van der Waals surface area contributed by atoms with Gasteiger partial charge in [0.25, 0.3) is 0 Å². The van der Waals surface area contributed by atoms with Gasteiger partial charge in [0.05, 0.1) is 13.7 Å². The summed E-state index contributed by atoms with van der Waals surface area (Å²) in [6.45, 7) is 0.649. The van der Waals surface area contributed by atoms with Crippen molar-refractivity contribution in [2.45, 2.75) is 13.0 Å². The minimum Gasteiger partial charge on any atom is -0.464 e. The average molecular weight is 277 g/mol. The van der Waals surface area contributed by atoms with Crippen molar-refractivity contribution < 1.29 is 13.9 Å². The Morgan fingerprint density at radius 2 is 2.15 bits per heavy atom. The van der Waals surface area contributed by atoms with Gasteiger partial charge in [-0.05, 0) is 19.0 Å². The largest absolute Gasteiger partial charge is 0.464 e. The number of nitrogens with zero attached hydrogens (tertiary/aromatic N) is 2. The Hall–Kier alpha value is -2.21. The van der Waals surface area contributed by atoms with Gasteiger partial charge < -0.3 is 10.5 Å². The average Bonchev–Trinajstić information content (AvgIpc) is 2.84. The Kier molecular flexibility index (Phi) is 4.47. The quantitative estimate of drug-likeness (QED) is 0.838. The molecule has 1 heterocycles. The van der Waals surface area contributed by atoms with Crippen LogP contribution >= 0.6 is 0 Å². The van der Waals surface area contributed by atoms with E-state index in [4.69, 9.17) is 5.73 Å². The first kappa shape index (κ1) is 14.2. The molecule has 2 rings (SSSR count). The number of methoxy groups -OCH3 is 1. The van der Waals surface area contributed by atoms with Gasteiger partial charge in [0.2, 0.25) is 0 Å². The van der Waals surface area contributed by atoms with Gasteiger partial charge in [-0.3, -0.25) is 4.68 Å². The molecule has 2 aromatic rings. The lowest BCUT2D eigenvalue weighted by atomic mass is 10.2. The molecule has 0 bridgehead atoms. The van der Waals surface area contributed by atoms with Gasteiger partial charge in [-0.2, -0.15) is 5.10 Å². The van der Waals surface area contributed by atoms with E-state index in [1.807, 2.05) is 0 Å².